The molecule has 0 aliphatic heterocycles. The number of nitrogens with zero attached hydrogens (tertiary/aromatic N) is 4. The first-order chi connectivity index (χ1) is 18.3. The highest BCUT2D eigenvalue weighted by Gasteiger charge is 2.13. The maximum atomic E-state index is 13.8. The smallest absolute Gasteiger partial charge is 0.230 e. The van der Waals surface area contributed by atoms with E-state index >= 15 is 0 Å². The van der Waals surface area contributed by atoms with E-state index in [-0.39, 0.29) is 18.2 Å². The molecule has 4 aromatic rings. The summed E-state index contributed by atoms with van der Waals surface area (Å²) >= 11 is 0. The molecule has 4 rings (SSSR count). The van der Waals surface area contributed by atoms with Crippen LogP contribution in [0.25, 0.3) is 10.9 Å². The van der Waals surface area contributed by atoms with Crippen LogP contribution in [0, 0.1) is 24.1 Å². The van der Waals surface area contributed by atoms with Gasteiger partial charge < -0.3 is 20.3 Å². The summed E-state index contributed by atoms with van der Waals surface area (Å²) in [4.78, 5) is 22.8. The quantitative estimate of drug-likeness (QED) is 0.151. The number of nitrogens with one attached hydrogen (secondary N) is 3. The van der Waals surface area contributed by atoms with Crippen LogP contribution in [0.3, 0.4) is 0 Å². The number of amides is 1. The minimum absolute atomic E-state index is 0.119. The van der Waals surface area contributed by atoms with Crippen molar-refractivity contribution in [1.82, 2.24) is 25.1 Å². The second-order valence-corrected chi connectivity index (χ2v) is 8.75. The summed E-state index contributed by atoms with van der Waals surface area (Å²) in [5.41, 5.74) is 0.921. The lowest BCUT2D eigenvalue weighted by Gasteiger charge is -2.21. The number of hydrogen-bond donors (Lipinski definition) is 3. The lowest BCUT2D eigenvalue weighted by Crippen LogP contribution is -2.27. The van der Waals surface area contributed by atoms with Gasteiger partial charge in [0.15, 0.2) is 17.5 Å². The number of ether oxygens (including phenoxy) is 1. The predicted molar refractivity (Wildman–Crippen MR) is 141 cm³/mol. The first-order valence-corrected chi connectivity index (χ1v) is 12.0. The Morgan fingerprint density at radius 3 is 2.84 bits per heavy atom. The standard InChI is InChI=1S/C27H27F2N7O2/c1-4-36(17(2)3)11-6-12-38-19-9-10-20-23(15-19)30-16-31-27(20)33-24-13-18(34-35-24)14-25(37)32-22-8-5-7-21(28)26(22)29/h1,5,7-10,13,15-17H,6,11-12,14H2,2-3H3,(H,32,37)(H2,30,31,33,34,35). The fraction of sp³-hybridized carbons (Fsp3) is 0.259. The molecule has 9 nitrogen and oxygen atoms in total. The van der Waals surface area contributed by atoms with Gasteiger partial charge in [-0.2, -0.15) is 5.10 Å². The zero-order valence-corrected chi connectivity index (χ0v) is 21.0. The van der Waals surface area contributed by atoms with E-state index in [4.69, 9.17) is 11.2 Å². The Morgan fingerprint density at radius 2 is 2.05 bits per heavy atom. The van der Waals surface area contributed by atoms with E-state index < -0.39 is 17.5 Å². The molecule has 0 radical (unpaired) electrons. The van der Waals surface area contributed by atoms with Gasteiger partial charge in [-0.3, -0.25) is 9.89 Å². The van der Waals surface area contributed by atoms with Crippen molar-refractivity contribution < 1.29 is 18.3 Å². The van der Waals surface area contributed by atoms with Crippen LogP contribution >= 0.6 is 0 Å². The molecule has 196 valence electrons. The molecule has 0 atom stereocenters. The van der Waals surface area contributed by atoms with Crippen molar-refractivity contribution in [2.75, 3.05) is 23.8 Å². The molecular formula is C27H27F2N7O2. The first kappa shape index (κ1) is 26.3. The molecule has 11 heteroatoms. The summed E-state index contributed by atoms with van der Waals surface area (Å²) in [5.74, 6) is -1.05. The molecule has 0 unspecified atom stereocenters. The van der Waals surface area contributed by atoms with Crippen molar-refractivity contribution in [2.24, 2.45) is 0 Å². The largest absolute Gasteiger partial charge is 0.493 e. The summed E-state index contributed by atoms with van der Waals surface area (Å²) in [5, 5.41) is 13.1. The molecule has 0 aliphatic rings. The zero-order chi connectivity index (χ0) is 27.1. The van der Waals surface area contributed by atoms with E-state index in [1.54, 1.807) is 6.07 Å². The number of halogens is 2. The van der Waals surface area contributed by atoms with Gasteiger partial charge in [0, 0.05) is 41.8 Å². The Kier molecular flexibility index (Phi) is 8.33. The van der Waals surface area contributed by atoms with Crippen molar-refractivity contribution in [3.05, 3.63) is 66.1 Å². The minimum atomic E-state index is -1.11. The molecule has 0 aliphatic carbocycles. The summed E-state index contributed by atoms with van der Waals surface area (Å²) in [6.07, 6.45) is 7.62. The lowest BCUT2D eigenvalue weighted by atomic mass is 10.2. The van der Waals surface area contributed by atoms with E-state index in [0.29, 0.717) is 35.2 Å². The molecule has 2 aromatic carbocycles. The number of H-pyrrole nitrogens is 1. The van der Waals surface area contributed by atoms with Gasteiger partial charge in [0.2, 0.25) is 5.91 Å². The van der Waals surface area contributed by atoms with Crippen molar-refractivity contribution >= 4 is 34.1 Å². The van der Waals surface area contributed by atoms with Crippen LogP contribution < -0.4 is 15.4 Å². The molecule has 0 saturated carbocycles. The number of carbonyl (C=O) groups is 1. The Morgan fingerprint density at radius 1 is 1.21 bits per heavy atom. The van der Waals surface area contributed by atoms with Gasteiger partial charge in [-0.1, -0.05) is 12.5 Å². The second kappa shape index (κ2) is 12.0. The number of anilines is 3. The summed E-state index contributed by atoms with van der Waals surface area (Å²) < 4.78 is 33.0. The van der Waals surface area contributed by atoms with Crippen LogP contribution in [0.2, 0.25) is 0 Å². The van der Waals surface area contributed by atoms with Crippen LogP contribution in [-0.4, -0.2) is 50.2 Å². The molecule has 0 spiro atoms. The third-order valence-electron chi connectivity index (χ3n) is 5.66. The number of benzene rings is 2. The highest BCUT2D eigenvalue weighted by atomic mass is 19.2. The number of terminal acetylenes is 1. The van der Waals surface area contributed by atoms with E-state index in [1.807, 2.05) is 36.9 Å². The number of carbonyl (C=O) groups excluding carboxylic acids is 1. The molecule has 3 N–H and O–H groups in total. The molecule has 2 aromatic heterocycles. The highest BCUT2D eigenvalue weighted by molar-refractivity contribution is 5.93. The number of hydrogen-bond acceptors (Lipinski definition) is 7. The average Bonchev–Trinajstić information content (AvgIpc) is 3.33. The topological polar surface area (TPSA) is 108 Å². The van der Waals surface area contributed by atoms with Crippen molar-refractivity contribution in [3.63, 3.8) is 0 Å². The fourth-order valence-electron chi connectivity index (χ4n) is 3.73. The van der Waals surface area contributed by atoms with E-state index in [9.17, 15) is 13.6 Å². The Hall–Kier alpha value is -4.72. The van der Waals surface area contributed by atoms with Crippen molar-refractivity contribution in [1.29, 1.82) is 0 Å². The molecule has 38 heavy (non-hydrogen) atoms. The molecule has 0 bridgehead atoms. The number of aromatic nitrogens is 4. The minimum Gasteiger partial charge on any atom is -0.493 e. The van der Waals surface area contributed by atoms with E-state index in [1.165, 1.54) is 18.5 Å². The number of aromatic amines is 1. The van der Waals surface area contributed by atoms with E-state index in [0.717, 1.165) is 24.4 Å². The van der Waals surface area contributed by atoms with Gasteiger partial charge in [-0.25, -0.2) is 18.7 Å². The van der Waals surface area contributed by atoms with Crippen LogP contribution in [-0.2, 0) is 11.2 Å². The monoisotopic (exact) mass is 519 g/mol. The Labute approximate surface area is 218 Å². The average molecular weight is 520 g/mol. The fourth-order valence-corrected chi connectivity index (χ4v) is 3.73. The SMILES string of the molecule is C#CN(CCCOc1ccc2c(Nc3cc(CC(=O)Nc4cccc(F)c4F)[nH]n3)ncnc2c1)C(C)C. The normalized spacial score (nSPS) is 10.8. The Bertz CT molecular complexity index is 1470. The van der Waals surface area contributed by atoms with Gasteiger partial charge in [-0.15, -0.1) is 0 Å². The predicted octanol–water partition coefficient (Wildman–Crippen LogP) is 4.63. The van der Waals surface area contributed by atoms with Crippen LogP contribution in [0.15, 0.2) is 48.8 Å². The number of rotatable bonds is 11. The van der Waals surface area contributed by atoms with Crippen LogP contribution in [0.4, 0.5) is 26.1 Å². The van der Waals surface area contributed by atoms with Crippen molar-refractivity contribution in [3.8, 4) is 18.2 Å². The van der Waals surface area contributed by atoms with Crippen LogP contribution in [0.1, 0.15) is 26.0 Å². The number of fused-ring (bicyclic) bond motifs is 1. The van der Waals surface area contributed by atoms with Gasteiger partial charge in [-0.05, 0) is 44.5 Å². The van der Waals surface area contributed by atoms with Crippen LogP contribution in [0.5, 0.6) is 5.75 Å². The molecule has 0 fully saturated rings. The van der Waals surface area contributed by atoms with Gasteiger partial charge in [0.1, 0.15) is 17.9 Å². The first-order valence-electron chi connectivity index (χ1n) is 12.0. The van der Waals surface area contributed by atoms with E-state index in [2.05, 4.69) is 36.8 Å². The summed E-state index contributed by atoms with van der Waals surface area (Å²) in [6.45, 7) is 5.36. The highest BCUT2D eigenvalue weighted by Crippen LogP contribution is 2.26. The van der Waals surface area contributed by atoms with Gasteiger partial charge in [0.25, 0.3) is 0 Å². The van der Waals surface area contributed by atoms with Gasteiger partial charge in [0.05, 0.1) is 24.2 Å². The maximum absolute atomic E-state index is 13.8. The molecule has 2 heterocycles. The van der Waals surface area contributed by atoms with Gasteiger partial charge >= 0.3 is 0 Å². The lowest BCUT2D eigenvalue weighted by molar-refractivity contribution is -0.115. The second-order valence-electron chi connectivity index (χ2n) is 8.75. The van der Waals surface area contributed by atoms with Crippen molar-refractivity contribution in [2.45, 2.75) is 32.7 Å². The molecule has 0 saturated heterocycles. The summed E-state index contributed by atoms with van der Waals surface area (Å²) in [6, 6.07) is 13.7. The maximum Gasteiger partial charge on any atom is 0.230 e. The Balaban J connectivity index is 1.36. The molecule has 1 amide bonds. The zero-order valence-electron chi connectivity index (χ0n) is 21.0. The third-order valence-corrected chi connectivity index (χ3v) is 5.66. The third kappa shape index (κ3) is 6.53. The summed E-state index contributed by atoms with van der Waals surface area (Å²) in [7, 11) is 0. The molecular weight excluding hydrogens is 492 g/mol.